The molecule has 0 spiro atoms. The number of benzene rings is 1. The predicted molar refractivity (Wildman–Crippen MR) is 105 cm³/mol. The minimum absolute atomic E-state index is 0.0277. The lowest BCUT2D eigenvalue weighted by Crippen LogP contribution is -2.17. The molecule has 2 N–H and O–H groups in total. The van der Waals surface area contributed by atoms with Gasteiger partial charge >= 0.3 is 5.97 Å². The summed E-state index contributed by atoms with van der Waals surface area (Å²) in [5.41, 5.74) is 0.812. The van der Waals surface area contributed by atoms with Crippen molar-refractivity contribution in [3.63, 3.8) is 0 Å². The molecule has 0 aliphatic heterocycles. The number of carboxylic acids is 1. The van der Waals surface area contributed by atoms with Crippen LogP contribution in [-0.4, -0.2) is 42.5 Å². The number of halogens is 1. The number of carboxylic acid groups (broad SMARTS) is 1. The number of anilines is 1. The van der Waals surface area contributed by atoms with Gasteiger partial charge in [0.05, 0.1) is 11.0 Å². The van der Waals surface area contributed by atoms with Crippen LogP contribution in [0, 0.1) is 0 Å². The number of hydrogen-bond acceptors (Lipinski definition) is 5. The van der Waals surface area contributed by atoms with Gasteiger partial charge in [-0.3, -0.25) is 9.40 Å². The molecule has 1 aliphatic rings. The quantitative estimate of drug-likeness (QED) is 0.735. The molecule has 10 heteroatoms. The maximum absolute atomic E-state index is 12.8. The highest BCUT2D eigenvalue weighted by atomic mass is 35.5. The standard InChI is InChI=1S/C18H20ClN3O5S/c1-22-17(18(23)24)16(15(20-22)11-3-7-13(27-2)8-4-11)21-28(25,26)14-9-5-12(19)6-10-14/h3,5-6,9-10,13,21H,4,7-8H2,1-2H3,(H,23,24). The lowest BCUT2D eigenvalue weighted by atomic mass is 9.94. The molecule has 0 bridgehead atoms. The Morgan fingerprint density at radius 1 is 1.36 bits per heavy atom. The van der Waals surface area contributed by atoms with Crippen LogP contribution in [0.5, 0.6) is 0 Å². The molecule has 0 radical (unpaired) electrons. The molecule has 2 aromatic rings. The van der Waals surface area contributed by atoms with E-state index in [-0.39, 0.29) is 22.4 Å². The van der Waals surface area contributed by atoms with E-state index in [9.17, 15) is 18.3 Å². The summed E-state index contributed by atoms with van der Waals surface area (Å²) in [7, 11) is -0.923. The van der Waals surface area contributed by atoms with Gasteiger partial charge in [0.1, 0.15) is 11.4 Å². The smallest absolute Gasteiger partial charge is 0.356 e. The van der Waals surface area contributed by atoms with E-state index >= 15 is 0 Å². The van der Waals surface area contributed by atoms with Crippen LogP contribution in [0.3, 0.4) is 0 Å². The van der Waals surface area contributed by atoms with E-state index in [1.165, 1.54) is 36.0 Å². The van der Waals surface area contributed by atoms with Crippen LogP contribution in [0.1, 0.15) is 35.4 Å². The molecule has 1 unspecified atom stereocenters. The fourth-order valence-electron chi connectivity index (χ4n) is 3.14. The number of aromatic carboxylic acids is 1. The zero-order chi connectivity index (χ0) is 20.5. The third kappa shape index (κ3) is 4.06. The number of nitrogens with zero attached hydrogens (tertiary/aromatic N) is 2. The van der Waals surface area contributed by atoms with Crippen molar-refractivity contribution in [3.8, 4) is 0 Å². The van der Waals surface area contributed by atoms with E-state index < -0.39 is 16.0 Å². The second-order valence-corrected chi connectivity index (χ2v) is 8.54. The third-order valence-corrected chi connectivity index (χ3v) is 6.23. The minimum atomic E-state index is -4.03. The summed E-state index contributed by atoms with van der Waals surface area (Å²) >= 11 is 5.82. The second-order valence-electron chi connectivity index (χ2n) is 6.42. The highest BCUT2D eigenvalue weighted by molar-refractivity contribution is 7.92. The van der Waals surface area contributed by atoms with Crippen molar-refractivity contribution in [3.05, 3.63) is 46.8 Å². The lowest BCUT2D eigenvalue weighted by molar-refractivity contribution is 0.0686. The highest BCUT2D eigenvalue weighted by Crippen LogP contribution is 2.35. The van der Waals surface area contributed by atoms with Gasteiger partial charge in [0.25, 0.3) is 10.0 Å². The van der Waals surface area contributed by atoms with Crippen molar-refractivity contribution >= 4 is 38.9 Å². The van der Waals surface area contributed by atoms with Crippen molar-refractivity contribution < 1.29 is 23.1 Å². The molecule has 0 fully saturated rings. The zero-order valence-electron chi connectivity index (χ0n) is 15.3. The van der Waals surface area contributed by atoms with Gasteiger partial charge in [0, 0.05) is 19.2 Å². The molecule has 1 atom stereocenters. The Hall–Kier alpha value is -2.36. The number of ether oxygens (including phenoxy) is 1. The number of allylic oxidation sites excluding steroid dienone is 1. The molecule has 1 heterocycles. The summed E-state index contributed by atoms with van der Waals surface area (Å²) in [6, 6.07) is 5.61. The van der Waals surface area contributed by atoms with Crippen LogP contribution in [0.2, 0.25) is 5.02 Å². The average Bonchev–Trinajstić information content (AvgIpc) is 2.97. The van der Waals surface area contributed by atoms with Gasteiger partial charge < -0.3 is 9.84 Å². The van der Waals surface area contributed by atoms with E-state index in [1.807, 2.05) is 6.08 Å². The number of hydrogen-bond donors (Lipinski definition) is 2. The number of sulfonamides is 1. The Morgan fingerprint density at radius 2 is 2.04 bits per heavy atom. The van der Waals surface area contributed by atoms with Crippen LogP contribution >= 0.6 is 11.6 Å². The summed E-state index contributed by atoms with van der Waals surface area (Å²) in [6.07, 6.45) is 3.98. The maximum Gasteiger partial charge on any atom is 0.356 e. The molecule has 8 nitrogen and oxygen atoms in total. The molecule has 150 valence electrons. The first kappa shape index (κ1) is 20.4. The van der Waals surface area contributed by atoms with Crippen molar-refractivity contribution in [2.75, 3.05) is 11.8 Å². The molecule has 1 aliphatic carbocycles. The number of aryl methyl sites for hydroxylation is 1. The van der Waals surface area contributed by atoms with Gasteiger partial charge in [-0.15, -0.1) is 0 Å². The molecule has 3 rings (SSSR count). The number of carbonyl (C=O) groups is 1. The number of rotatable bonds is 6. The van der Waals surface area contributed by atoms with Crippen LogP contribution in [0.15, 0.2) is 35.2 Å². The van der Waals surface area contributed by atoms with Gasteiger partial charge in [-0.2, -0.15) is 5.10 Å². The van der Waals surface area contributed by atoms with Gasteiger partial charge in [0.15, 0.2) is 5.69 Å². The fraction of sp³-hybridized carbons (Fsp3) is 0.333. The number of methoxy groups -OCH3 is 1. The Balaban J connectivity index is 2.05. The summed E-state index contributed by atoms with van der Waals surface area (Å²) in [6.45, 7) is 0. The minimum Gasteiger partial charge on any atom is -0.476 e. The van der Waals surface area contributed by atoms with E-state index in [0.717, 1.165) is 12.0 Å². The topological polar surface area (TPSA) is 111 Å². The molecular weight excluding hydrogens is 406 g/mol. The fourth-order valence-corrected chi connectivity index (χ4v) is 4.34. The Labute approximate surface area is 167 Å². The molecule has 0 saturated carbocycles. The zero-order valence-corrected chi connectivity index (χ0v) is 16.9. The van der Waals surface area contributed by atoms with Crippen molar-refractivity contribution in [2.24, 2.45) is 7.05 Å². The lowest BCUT2D eigenvalue weighted by Gasteiger charge is -2.20. The Bertz CT molecular complexity index is 1030. The van der Waals surface area contributed by atoms with Crippen LogP contribution < -0.4 is 4.72 Å². The van der Waals surface area contributed by atoms with Gasteiger partial charge in [-0.05, 0) is 49.1 Å². The predicted octanol–water partition coefficient (Wildman–Crippen LogP) is 3.15. The highest BCUT2D eigenvalue weighted by Gasteiger charge is 2.29. The SMILES string of the molecule is COC1CC=C(c2nn(C)c(C(=O)O)c2NS(=O)(=O)c2ccc(Cl)cc2)CC1. The molecule has 28 heavy (non-hydrogen) atoms. The van der Waals surface area contributed by atoms with Crippen molar-refractivity contribution in [2.45, 2.75) is 30.3 Å². The third-order valence-electron chi connectivity index (χ3n) is 4.61. The Morgan fingerprint density at radius 3 is 2.57 bits per heavy atom. The summed E-state index contributed by atoms with van der Waals surface area (Å²) in [4.78, 5) is 11.7. The van der Waals surface area contributed by atoms with Gasteiger partial charge in [0.2, 0.25) is 0 Å². The number of aromatic nitrogens is 2. The summed E-state index contributed by atoms with van der Waals surface area (Å²) in [5, 5.41) is 14.3. The van der Waals surface area contributed by atoms with Crippen LogP contribution in [-0.2, 0) is 21.8 Å². The van der Waals surface area contributed by atoms with Crippen molar-refractivity contribution in [1.29, 1.82) is 0 Å². The summed E-state index contributed by atoms with van der Waals surface area (Å²) in [5.74, 6) is -1.28. The monoisotopic (exact) mass is 425 g/mol. The molecule has 1 aromatic carbocycles. The molecule has 0 saturated heterocycles. The van der Waals surface area contributed by atoms with Crippen LogP contribution in [0.25, 0.3) is 5.57 Å². The molecule has 0 amide bonds. The molecular formula is C18H20ClN3O5S. The Kier molecular flexibility index (Phi) is 5.78. The normalized spacial score (nSPS) is 17.2. The first-order valence-electron chi connectivity index (χ1n) is 8.54. The van der Waals surface area contributed by atoms with E-state index in [0.29, 0.717) is 23.6 Å². The largest absolute Gasteiger partial charge is 0.476 e. The number of nitrogens with one attached hydrogen (secondary N) is 1. The van der Waals surface area contributed by atoms with E-state index in [4.69, 9.17) is 16.3 Å². The van der Waals surface area contributed by atoms with E-state index in [2.05, 4.69) is 9.82 Å². The maximum atomic E-state index is 12.8. The molecule has 1 aromatic heterocycles. The average molecular weight is 426 g/mol. The summed E-state index contributed by atoms with van der Waals surface area (Å²) < 4.78 is 34.5. The van der Waals surface area contributed by atoms with Crippen LogP contribution in [0.4, 0.5) is 5.69 Å². The van der Waals surface area contributed by atoms with E-state index in [1.54, 1.807) is 7.11 Å². The first-order valence-corrected chi connectivity index (χ1v) is 10.4. The van der Waals surface area contributed by atoms with Gasteiger partial charge in [-0.25, -0.2) is 13.2 Å². The second kappa shape index (κ2) is 7.94. The van der Waals surface area contributed by atoms with Crippen molar-refractivity contribution in [1.82, 2.24) is 9.78 Å². The van der Waals surface area contributed by atoms with Gasteiger partial charge in [-0.1, -0.05) is 17.7 Å². The first-order chi connectivity index (χ1) is 13.2.